The van der Waals surface area contributed by atoms with Gasteiger partial charge in [-0.2, -0.15) is 10.5 Å². The molecule has 69 heavy (non-hydrogen) atoms. The Morgan fingerprint density at radius 2 is 1.13 bits per heavy atom. The van der Waals surface area contributed by atoms with Crippen LogP contribution in [0, 0.1) is 22.7 Å². The number of fused-ring (bicyclic) bond motifs is 4. The van der Waals surface area contributed by atoms with Crippen LogP contribution in [0.1, 0.15) is 24.0 Å². The first kappa shape index (κ1) is 48.5. The number of hydrogen-bond donors (Lipinski definition) is 3. The van der Waals surface area contributed by atoms with Crippen LogP contribution < -0.4 is 14.2 Å². The van der Waals surface area contributed by atoms with Crippen molar-refractivity contribution in [2.45, 2.75) is 12.8 Å². The van der Waals surface area contributed by atoms with E-state index in [0.29, 0.717) is 95.3 Å². The fourth-order valence-electron chi connectivity index (χ4n) is 7.94. The van der Waals surface area contributed by atoms with Crippen LogP contribution in [0.25, 0.3) is 43.6 Å². The van der Waals surface area contributed by atoms with Crippen molar-refractivity contribution in [3.05, 3.63) is 126 Å². The van der Waals surface area contributed by atoms with Crippen LogP contribution in [-0.2, 0) is 19.7 Å². The summed E-state index contributed by atoms with van der Waals surface area (Å²) >= 11 is 6.13. The first-order valence-electron chi connectivity index (χ1n) is 22.3. The second-order valence-electron chi connectivity index (χ2n) is 16.5. The summed E-state index contributed by atoms with van der Waals surface area (Å²) in [7, 11) is -5.73. The molecule has 10 rings (SSSR count). The molecule has 0 amide bonds. The lowest BCUT2D eigenvalue weighted by atomic mass is 10.1. The van der Waals surface area contributed by atoms with Gasteiger partial charge >= 0.3 is 0 Å². The minimum Gasteiger partial charge on any atom is -0.508 e. The van der Waals surface area contributed by atoms with Gasteiger partial charge in [-0.1, -0.05) is 11.6 Å². The number of nitriles is 2. The number of hydrogen-bond acceptors (Lipinski definition) is 14. The average Bonchev–Trinajstić information content (AvgIpc) is 4.02. The third kappa shape index (κ3) is 12.8. The molecule has 4 aromatic carbocycles. The van der Waals surface area contributed by atoms with E-state index in [0.717, 1.165) is 58.5 Å². The van der Waals surface area contributed by atoms with Gasteiger partial charge in [0.25, 0.3) is 0 Å². The summed E-state index contributed by atoms with van der Waals surface area (Å²) < 4.78 is 63.8. The van der Waals surface area contributed by atoms with E-state index in [1.807, 2.05) is 48.8 Å². The largest absolute Gasteiger partial charge is 0.508 e. The molecule has 3 N–H and O–H groups in total. The highest BCUT2D eigenvalue weighted by Gasteiger charge is 2.22. The highest BCUT2D eigenvalue weighted by Crippen LogP contribution is 2.34. The average molecular weight is 990 g/mol. The second-order valence-corrected chi connectivity index (χ2v) is 21.5. The summed E-state index contributed by atoms with van der Waals surface area (Å²) in [6, 6.07) is 29.7. The molecule has 356 valence electrons. The Bertz CT molecular complexity index is 3400. The molecule has 0 saturated carbocycles. The topological polar surface area (TPSA) is 228 Å². The fraction of sp³-hybridized carbons (Fsp3) is 0.280. The van der Waals surface area contributed by atoms with Crippen LogP contribution in [0.15, 0.2) is 110 Å². The molecule has 0 spiro atoms. The van der Waals surface area contributed by atoms with Crippen LogP contribution in [0.3, 0.4) is 0 Å². The number of ether oxygens (including phenoxy) is 3. The molecule has 0 bridgehead atoms. The molecule has 0 unspecified atom stereocenters. The number of rotatable bonds is 12. The lowest BCUT2D eigenvalue weighted by Gasteiger charge is -2.26. The van der Waals surface area contributed by atoms with Crippen molar-refractivity contribution in [3.63, 3.8) is 0 Å². The zero-order chi connectivity index (χ0) is 48.4. The van der Waals surface area contributed by atoms with E-state index in [1.54, 1.807) is 60.9 Å². The highest BCUT2D eigenvalue weighted by atomic mass is 35.5. The third-order valence-electron chi connectivity index (χ3n) is 11.7. The molecule has 16 nitrogen and oxygen atoms in total. The van der Waals surface area contributed by atoms with Crippen LogP contribution in [-0.4, -0.2) is 127 Å². The maximum absolute atomic E-state index is 11.6. The molecule has 2 saturated heterocycles. The number of aromatic amines is 2. The number of phenolic OH excluding ortho intramolecular Hbond substituents is 1. The van der Waals surface area contributed by atoms with Gasteiger partial charge in [-0.05, 0) is 85.6 Å². The SMILES string of the molecule is N#Cc1cc2c(Cl)ccnc2cc1OCCCN1CCS(=O)(=O)CC1.N#Cc1cc2c(Oc3ccc4[nH]ccc4c3)ccnc2cc1OCCCN1CCS(=O)(=O)CC1.Oc1ccc2[nH]ccc2c1. The quantitative estimate of drug-likeness (QED) is 0.0986. The molecule has 2 aliphatic rings. The lowest BCUT2D eigenvalue weighted by Crippen LogP contribution is -2.40. The van der Waals surface area contributed by atoms with E-state index >= 15 is 0 Å². The van der Waals surface area contributed by atoms with E-state index < -0.39 is 19.7 Å². The van der Waals surface area contributed by atoms with Crippen LogP contribution in [0.2, 0.25) is 5.02 Å². The van der Waals surface area contributed by atoms with Gasteiger partial charge in [0.05, 0.1) is 63.4 Å². The number of benzene rings is 4. The lowest BCUT2D eigenvalue weighted by molar-refractivity contribution is 0.245. The fourth-order valence-corrected chi connectivity index (χ4v) is 10.7. The normalized spacial score (nSPS) is 15.6. The number of halogens is 1. The molecule has 0 atom stereocenters. The molecule has 8 aromatic rings. The number of nitrogens with zero attached hydrogens (tertiary/aromatic N) is 6. The van der Waals surface area contributed by atoms with Crippen molar-refractivity contribution in [1.82, 2.24) is 29.7 Å². The standard InChI is InChI=1S/C25H24N4O4S.C17H18ClN3O3S.C8H7NO/c26-17-19-15-21-23(16-25(19)32-11-1-8-29-9-12-34(30,31)13-10-29)28-7-5-24(21)33-20-2-3-22-18(14-20)4-6-27-22;18-15-2-3-20-16-11-17(13(12-19)10-14(15)16)24-7-1-4-21-5-8-25(22,23)9-6-21;10-7-1-2-8-6(5-7)3-4-9-8/h2-7,14-16,27H,1,8-13H2;2-3,10-11H,1,4-9H2;1-5,9-10H. The number of pyridine rings is 2. The molecule has 4 aromatic heterocycles. The van der Waals surface area contributed by atoms with Crippen molar-refractivity contribution in [1.29, 1.82) is 10.5 Å². The Morgan fingerprint density at radius 1 is 0.623 bits per heavy atom. The van der Waals surface area contributed by atoms with E-state index in [1.165, 1.54) is 0 Å². The van der Waals surface area contributed by atoms with Crippen LogP contribution >= 0.6 is 11.6 Å². The van der Waals surface area contributed by atoms with Crippen LogP contribution in [0.4, 0.5) is 0 Å². The smallest absolute Gasteiger partial charge is 0.152 e. The van der Waals surface area contributed by atoms with Gasteiger partial charge in [0.1, 0.15) is 40.9 Å². The minimum atomic E-state index is -2.88. The molecule has 0 aliphatic carbocycles. The molecule has 19 heteroatoms. The van der Waals surface area contributed by atoms with Gasteiger partial charge in [-0.25, -0.2) is 16.8 Å². The molecule has 2 fully saturated rings. The second kappa shape index (κ2) is 22.0. The number of aromatic nitrogens is 4. The van der Waals surface area contributed by atoms with Crippen LogP contribution in [0.5, 0.6) is 28.7 Å². The van der Waals surface area contributed by atoms with E-state index in [9.17, 15) is 27.4 Å². The van der Waals surface area contributed by atoms with Crippen molar-refractivity contribution < 1.29 is 36.2 Å². The van der Waals surface area contributed by atoms with Crippen molar-refractivity contribution in [2.75, 3.05) is 75.5 Å². The molecular weight excluding hydrogens is 940 g/mol. The third-order valence-corrected chi connectivity index (χ3v) is 15.3. The summed E-state index contributed by atoms with van der Waals surface area (Å²) in [4.78, 5) is 19.1. The summed E-state index contributed by atoms with van der Waals surface area (Å²) in [5.74, 6) is 3.48. The molecule has 6 heterocycles. The van der Waals surface area contributed by atoms with Crippen molar-refractivity contribution in [3.8, 4) is 40.9 Å². The zero-order valence-electron chi connectivity index (χ0n) is 37.5. The van der Waals surface area contributed by atoms with E-state index in [4.69, 9.17) is 30.9 Å². The van der Waals surface area contributed by atoms with Crippen molar-refractivity contribution >= 4 is 74.9 Å². The van der Waals surface area contributed by atoms with E-state index in [2.05, 4.69) is 41.9 Å². The van der Waals surface area contributed by atoms with Gasteiger partial charge in [0, 0.05) is 109 Å². The number of sulfone groups is 2. The Balaban J connectivity index is 0.000000159. The number of H-pyrrole nitrogens is 2. The summed E-state index contributed by atoms with van der Waals surface area (Å²) in [5, 5.41) is 32.2. The first-order valence-corrected chi connectivity index (χ1v) is 26.3. The van der Waals surface area contributed by atoms with Gasteiger partial charge in [-0.3, -0.25) is 9.97 Å². The maximum atomic E-state index is 11.6. The number of phenols is 1. The predicted octanol–water partition coefficient (Wildman–Crippen LogP) is 8.01. The molecule has 2 aliphatic heterocycles. The Kier molecular flexibility index (Phi) is 15.5. The Morgan fingerprint density at radius 3 is 1.70 bits per heavy atom. The van der Waals surface area contributed by atoms with E-state index in [-0.39, 0.29) is 23.0 Å². The minimum absolute atomic E-state index is 0.215. The molecule has 0 radical (unpaired) electrons. The van der Waals surface area contributed by atoms with Gasteiger partial charge < -0.3 is 39.1 Å². The monoisotopic (exact) mass is 988 g/mol. The Labute approximate surface area is 404 Å². The number of nitrogens with one attached hydrogen (secondary N) is 2. The highest BCUT2D eigenvalue weighted by molar-refractivity contribution is 7.91. The van der Waals surface area contributed by atoms with Crippen molar-refractivity contribution in [2.24, 2.45) is 0 Å². The maximum Gasteiger partial charge on any atom is 0.152 e. The van der Waals surface area contributed by atoms with Gasteiger partial charge in [0.2, 0.25) is 0 Å². The zero-order valence-corrected chi connectivity index (χ0v) is 39.9. The van der Waals surface area contributed by atoms with Gasteiger partial charge in [-0.15, -0.1) is 0 Å². The Hall–Kier alpha value is -6.93. The summed E-state index contributed by atoms with van der Waals surface area (Å²) in [6.07, 6.45) is 8.52. The predicted molar refractivity (Wildman–Crippen MR) is 267 cm³/mol. The summed E-state index contributed by atoms with van der Waals surface area (Å²) in [6.45, 7) is 4.67. The first-order chi connectivity index (χ1) is 33.3. The molecular formula is C50H49ClN8O8S2. The van der Waals surface area contributed by atoms with Gasteiger partial charge in [0.15, 0.2) is 19.7 Å². The summed E-state index contributed by atoms with van der Waals surface area (Å²) in [5.41, 5.74) is 4.28. The number of aromatic hydroxyl groups is 1.